The highest BCUT2D eigenvalue weighted by atomic mass is 32.2. The molecule has 2 N–H and O–H groups in total. The first kappa shape index (κ1) is 13.7. The van der Waals surface area contributed by atoms with Crippen LogP contribution >= 0.6 is 11.3 Å². The zero-order chi connectivity index (χ0) is 14.0. The Morgan fingerprint density at radius 3 is 2.89 bits per heavy atom. The van der Waals surface area contributed by atoms with E-state index >= 15 is 0 Å². The van der Waals surface area contributed by atoms with Gasteiger partial charge in [0.2, 0.25) is 10.0 Å². The molecule has 7 nitrogen and oxygen atoms in total. The highest BCUT2D eigenvalue weighted by Crippen LogP contribution is 2.25. The number of aromatic nitrogens is 2. The Balaban J connectivity index is 2.31. The first-order chi connectivity index (χ1) is 8.93. The van der Waals surface area contributed by atoms with Gasteiger partial charge in [-0.1, -0.05) is 0 Å². The second kappa shape index (κ2) is 5.11. The van der Waals surface area contributed by atoms with Gasteiger partial charge in [-0.25, -0.2) is 13.2 Å². The molecule has 0 aliphatic rings. The number of rotatable bonds is 5. The van der Waals surface area contributed by atoms with E-state index in [2.05, 4.69) is 10.2 Å². The number of hydrogen-bond acceptors (Lipinski definition) is 5. The van der Waals surface area contributed by atoms with Gasteiger partial charge in [-0.05, 0) is 11.4 Å². The molecular formula is C10H11N3O4S2. The van der Waals surface area contributed by atoms with Crippen molar-refractivity contribution >= 4 is 27.3 Å². The second-order valence-corrected chi connectivity index (χ2v) is 6.72. The Hall–Kier alpha value is -1.71. The summed E-state index contributed by atoms with van der Waals surface area (Å²) in [5, 5.41) is 16.7. The Morgan fingerprint density at radius 2 is 2.32 bits per heavy atom. The summed E-state index contributed by atoms with van der Waals surface area (Å²) in [5.74, 6) is -1.25. The lowest BCUT2D eigenvalue weighted by Gasteiger charge is -2.15. The summed E-state index contributed by atoms with van der Waals surface area (Å²) in [4.78, 5) is 10.6. The number of sulfonamides is 1. The summed E-state index contributed by atoms with van der Waals surface area (Å²) >= 11 is 0.886. The predicted molar refractivity (Wildman–Crippen MR) is 68.5 cm³/mol. The molecule has 2 aromatic rings. The third-order valence-corrected chi connectivity index (χ3v) is 5.35. The van der Waals surface area contributed by atoms with Crippen LogP contribution in [0.3, 0.4) is 0 Å². The first-order valence-electron chi connectivity index (χ1n) is 5.17. The van der Waals surface area contributed by atoms with E-state index in [9.17, 15) is 13.2 Å². The van der Waals surface area contributed by atoms with Crippen LogP contribution in [0.4, 0.5) is 0 Å². The topological polar surface area (TPSA) is 103 Å². The zero-order valence-corrected chi connectivity index (χ0v) is 11.5. The lowest BCUT2D eigenvalue weighted by Crippen LogP contribution is -2.27. The lowest BCUT2D eigenvalue weighted by molar-refractivity contribution is 0.0698. The molecule has 0 atom stereocenters. The van der Waals surface area contributed by atoms with Crippen LogP contribution in [0.15, 0.2) is 28.7 Å². The number of aromatic amines is 1. The molecule has 102 valence electrons. The predicted octanol–water partition coefficient (Wildman–Crippen LogP) is 0.990. The molecule has 0 aromatic carbocycles. The first-order valence-corrected chi connectivity index (χ1v) is 7.49. The average molecular weight is 301 g/mol. The molecule has 0 aliphatic carbocycles. The molecule has 19 heavy (non-hydrogen) atoms. The fourth-order valence-corrected chi connectivity index (χ4v) is 3.92. The van der Waals surface area contributed by atoms with Crippen LogP contribution in [-0.2, 0) is 16.6 Å². The van der Waals surface area contributed by atoms with Crippen molar-refractivity contribution in [3.63, 3.8) is 0 Å². The Morgan fingerprint density at radius 1 is 1.58 bits per heavy atom. The molecule has 0 unspecified atom stereocenters. The van der Waals surface area contributed by atoms with Gasteiger partial charge in [0.25, 0.3) is 0 Å². The molecular weight excluding hydrogens is 290 g/mol. The van der Waals surface area contributed by atoms with Gasteiger partial charge in [0.15, 0.2) is 0 Å². The SMILES string of the molecule is CN(Cc1cn[nH]c1)S(=O)(=O)c1ccsc1C(=O)O. The maximum atomic E-state index is 12.3. The monoisotopic (exact) mass is 301 g/mol. The minimum absolute atomic E-state index is 0.119. The number of aromatic carboxylic acids is 1. The van der Waals surface area contributed by atoms with E-state index in [4.69, 9.17) is 5.11 Å². The molecule has 0 bridgehead atoms. The molecule has 0 radical (unpaired) electrons. The molecule has 9 heteroatoms. The van der Waals surface area contributed by atoms with E-state index in [-0.39, 0.29) is 16.3 Å². The van der Waals surface area contributed by atoms with E-state index < -0.39 is 16.0 Å². The minimum atomic E-state index is -3.83. The molecule has 0 saturated heterocycles. The molecule has 2 rings (SSSR count). The molecule has 0 saturated carbocycles. The third-order valence-electron chi connectivity index (χ3n) is 2.47. The van der Waals surface area contributed by atoms with E-state index in [0.29, 0.717) is 5.56 Å². The maximum absolute atomic E-state index is 12.3. The van der Waals surface area contributed by atoms with Crippen LogP contribution in [0.5, 0.6) is 0 Å². The highest BCUT2D eigenvalue weighted by molar-refractivity contribution is 7.89. The molecule has 0 spiro atoms. The van der Waals surface area contributed by atoms with Crippen molar-refractivity contribution in [2.45, 2.75) is 11.4 Å². The van der Waals surface area contributed by atoms with Crippen molar-refractivity contribution in [2.24, 2.45) is 0 Å². The maximum Gasteiger partial charge on any atom is 0.347 e. The van der Waals surface area contributed by atoms with Gasteiger partial charge in [0.1, 0.15) is 9.77 Å². The van der Waals surface area contributed by atoms with Gasteiger partial charge < -0.3 is 5.11 Å². The fraction of sp³-hybridized carbons (Fsp3) is 0.200. The summed E-state index contributed by atoms with van der Waals surface area (Å²) < 4.78 is 25.7. The Labute approximate surface area is 113 Å². The average Bonchev–Trinajstić information content (AvgIpc) is 2.98. The van der Waals surface area contributed by atoms with Crippen LogP contribution in [0, 0.1) is 0 Å². The van der Waals surface area contributed by atoms with E-state index in [0.717, 1.165) is 15.6 Å². The van der Waals surface area contributed by atoms with Crippen molar-refractivity contribution in [3.8, 4) is 0 Å². The van der Waals surface area contributed by atoms with Crippen molar-refractivity contribution < 1.29 is 18.3 Å². The summed E-state index contributed by atoms with van der Waals surface area (Å²) in [7, 11) is -2.43. The summed E-state index contributed by atoms with van der Waals surface area (Å²) in [6, 6.07) is 1.30. The zero-order valence-electron chi connectivity index (χ0n) is 9.90. The summed E-state index contributed by atoms with van der Waals surface area (Å²) in [6.07, 6.45) is 3.09. The minimum Gasteiger partial charge on any atom is -0.477 e. The van der Waals surface area contributed by atoms with Crippen LogP contribution in [0.25, 0.3) is 0 Å². The number of carbonyl (C=O) groups is 1. The molecule has 0 amide bonds. The van der Waals surface area contributed by atoms with E-state index in [1.807, 2.05) is 0 Å². The molecule has 0 aliphatic heterocycles. The van der Waals surface area contributed by atoms with Crippen molar-refractivity contribution in [1.29, 1.82) is 0 Å². The second-order valence-electron chi connectivity index (χ2n) is 3.79. The van der Waals surface area contributed by atoms with E-state index in [1.165, 1.54) is 24.7 Å². The normalized spacial score (nSPS) is 11.9. The lowest BCUT2D eigenvalue weighted by atomic mass is 10.4. The molecule has 2 heterocycles. The largest absolute Gasteiger partial charge is 0.477 e. The van der Waals surface area contributed by atoms with Gasteiger partial charge in [0, 0.05) is 25.4 Å². The van der Waals surface area contributed by atoms with Gasteiger partial charge in [-0.3, -0.25) is 5.10 Å². The van der Waals surface area contributed by atoms with Crippen molar-refractivity contribution in [2.75, 3.05) is 7.05 Å². The van der Waals surface area contributed by atoms with E-state index in [1.54, 1.807) is 6.20 Å². The summed E-state index contributed by atoms with van der Waals surface area (Å²) in [5.41, 5.74) is 0.693. The standard InChI is InChI=1S/C10H11N3O4S2/c1-13(6-7-4-11-12-5-7)19(16,17)8-2-3-18-9(8)10(14)15/h2-5H,6H2,1H3,(H,11,12)(H,14,15). The van der Waals surface area contributed by atoms with Crippen LogP contribution in [-0.4, -0.2) is 41.0 Å². The number of H-pyrrole nitrogens is 1. The number of nitrogens with one attached hydrogen (secondary N) is 1. The number of carboxylic acids is 1. The summed E-state index contributed by atoms with van der Waals surface area (Å²) in [6.45, 7) is 0.119. The quantitative estimate of drug-likeness (QED) is 0.857. The van der Waals surface area contributed by atoms with Gasteiger partial charge in [0.05, 0.1) is 6.20 Å². The molecule has 0 fully saturated rings. The third kappa shape index (κ3) is 2.67. The van der Waals surface area contributed by atoms with Crippen LogP contribution in [0.1, 0.15) is 15.2 Å². The van der Waals surface area contributed by atoms with Gasteiger partial charge >= 0.3 is 5.97 Å². The van der Waals surface area contributed by atoms with Gasteiger partial charge in [-0.15, -0.1) is 11.3 Å². The smallest absolute Gasteiger partial charge is 0.347 e. The van der Waals surface area contributed by atoms with Crippen molar-refractivity contribution in [1.82, 2.24) is 14.5 Å². The highest BCUT2D eigenvalue weighted by Gasteiger charge is 2.27. The van der Waals surface area contributed by atoms with Gasteiger partial charge in [-0.2, -0.15) is 9.40 Å². The fourth-order valence-electron chi connectivity index (χ4n) is 1.53. The Bertz CT molecular complexity index is 675. The van der Waals surface area contributed by atoms with Crippen molar-refractivity contribution in [3.05, 3.63) is 34.3 Å². The number of carboxylic acid groups (broad SMARTS) is 1. The number of nitrogens with zero attached hydrogens (tertiary/aromatic N) is 2. The number of hydrogen-bond donors (Lipinski definition) is 2. The van der Waals surface area contributed by atoms with Crippen LogP contribution in [0.2, 0.25) is 0 Å². The molecule has 2 aromatic heterocycles. The Kier molecular flexibility index (Phi) is 3.69. The number of thiophene rings is 1. The van der Waals surface area contributed by atoms with Crippen LogP contribution < -0.4 is 0 Å².